The zero-order valence-corrected chi connectivity index (χ0v) is 9.61. The van der Waals surface area contributed by atoms with Crippen molar-refractivity contribution in [1.82, 2.24) is 0 Å². The van der Waals surface area contributed by atoms with Gasteiger partial charge in [0.2, 0.25) is 0 Å². The summed E-state index contributed by atoms with van der Waals surface area (Å²) in [7, 11) is 3.52. The van der Waals surface area contributed by atoms with E-state index in [-0.39, 0.29) is 0 Å². The van der Waals surface area contributed by atoms with E-state index in [1.165, 1.54) is 0 Å². The molecule has 0 spiro atoms. The number of hydrogen-bond acceptors (Lipinski definition) is 3. The molecule has 0 heterocycles. The molecule has 0 atom stereocenters. The lowest BCUT2D eigenvalue weighted by atomic mass is 10.0. The Morgan fingerprint density at radius 1 is 1.33 bits per heavy atom. The quantitative estimate of drug-likeness (QED) is 0.758. The van der Waals surface area contributed by atoms with Gasteiger partial charge in [0.25, 0.3) is 0 Å². The Labute approximate surface area is 90.9 Å². The minimum absolute atomic E-state index is 0.547. The molecule has 0 aliphatic carbocycles. The molecule has 0 aromatic heterocycles. The van der Waals surface area contributed by atoms with Gasteiger partial charge < -0.3 is 9.64 Å². The van der Waals surface area contributed by atoms with Crippen molar-refractivity contribution in [3.05, 3.63) is 24.3 Å². The first-order chi connectivity index (χ1) is 7.03. The SMILES string of the molecule is COc1ccccc1N(C)C(C)(C)C#N. The molecule has 0 saturated carbocycles. The molecule has 0 fully saturated rings. The molecule has 0 aliphatic rings. The first kappa shape index (κ1) is 11.4. The number of nitrogens with zero attached hydrogens (tertiary/aromatic N) is 2. The minimum atomic E-state index is -0.547. The predicted molar refractivity (Wildman–Crippen MR) is 61.1 cm³/mol. The van der Waals surface area contributed by atoms with Crippen LogP contribution in [0.3, 0.4) is 0 Å². The van der Waals surface area contributed by atoms with Gasteiger partial charge in [0.15, 0.2) is 0 Å². The number of hydrogen-bond donors (Lipinski definition) is 0. The largest absolute Gasteiger partial charge is 0.495 e. The summed E-state index contributed by atoms with van der Waals surface area (Å²) in [6.07, 6.45) is 0. The summed E-state index contributed by atoms with van der Waals surface area (Å²) >= 11 is 0. The van der Waals surface area contributed by atoms with Gasteiger partial charge in [-0.25, -0.2) is 0 Å². The van der Waals surface area contributed by atoms with E-state index in [2.05, 4.69) is 6.07 Å². The van der Waals surface area contributed by atoms with Crippen LogP contribution in [0.25, 0.3) is 0 Å². The molecule has 1 rings (SSSR count). The van der Waals surface area contributed by atoms with Crippen LogP contribution in [0.4, 0.5) is 5.69 Å². The van der Waals surface area contributed by atoms with Crippen molar-refractivity contribution in [3.8, 4) is 11.8 Å². The number of rotatable bonds is 3. The van der Waals surface area contributed by atoms with E-state index in [4.69, 9.17) is 10.00 Å². The molecule has 3 heteroatoms. The van der Waals surface area contributed by atoms with Crippen molar-refractivity contribution in [2.75, 3.05) is 19.1 Å². The Morgan fingerprint density at radius 3 is 2.47 bits per heavy atom. The van der Waals surface area contributed by atoms with E-state index >= 15 is 0 Å². The number of anilines is 1. The lowest BCUT2D eigenvalue weighted by Gasteiger charge is -2.32. The second kappa shape index (κ2) is 4.22. The predicted octanol–water partition coefficient (Wildman–Crippen LogP) is 2.43. The van der Waals surface area contributed by atoms with Gasteiger partial charge in [0.05, 0.1) is 18.9 Å². The summed E-state index contributed by atoms with van der Waals surface area (Å²) < 4.78 is 5.26. The van der Waals surface area contributed by atoms with Crippen LogP contribution in [0.2, 0.25) is 0 Å². The summed E-state index contributed by atoms with van der Waals surface area (Å²) in [5, 5.41) is 9.06. The van der Waals surface area contributed by atoms with Crippen molar-refractivity contribution in [2.45, 2.75) is 19.4 Å². The highest BCUT2D eigenvalue weighted by atomic mass is 16.5. The molecule has 0 radical (unpaired) electrons. The number of methoxy groups -OCH3 is 1. The van der Waals surface area contributed by atoms with Gasteiger partial charge in [-0.05, 0) is 26.0 Å². The fourth-order valence-electron chi connectivity index (χ4n) is 1.28. The van der Waals surface area contributed by atoms with Gasteiger partial charge in [-0.2, -0.15) is 5.26 Å². The summed E-state index contributed by atoms with van der Waals surface area (Å²) in [4.78, 5) is 1.91. The third-order valence-corrected chi connectivity index (χ3v) is 2.56. The molecule has 0 bridgehead atoms. The summed E-state index contributed by atoms with van der Waals surface area (Å²) in [5.41, 5.74) is 0.376. The van der Waals surface area contributed by atoms with Crippen molar-refractivity contribution in [1.29, 1.82) is 5.26 Å². The Hall–Kier alpha value is -1.69. The average molecular weight is 204 g/mol. The third kappa shape index (κ3) is 2.21. The average Bonchev–Trinajstić information content (AvgIpc) is 2.28. The highest BCUT2D eigenvalue weighted by Gasteiger charge is 2.24. The van der Waals surface area contributed by atoms with Crippen LogP contribution in [0.1, 0.15) is 13.8 Å². The molecule has 15 heavy (non-hydrogen) atoms. The van der Waals surface area contributed by atoms with Crippen molar-refractivity contribution < 1.29 is 4.74 Å². The summed E-state index contributed by atoms with van der Waals surface area (Å²) in [6, 6.07) is 9.94. The molecule has 0 amide bonds. The molecule has 0 aliphatic heterocycles. The maximum atomic E-state index is 9.06. The molecule has 1 aromatic rings. The van der Waals surface area contributed by atoms with E-state index in [1.54, 1.807) is 7.11 Å². The lowest BCUT2D eigenvalue weighted by molar-refractivity contribution is 0.412. The number of nitriles is 1. The van der Waals surface area contributed by atoms with Gasteiger partial charge in [0.1, 0.15) is 11.3 Å². The number of benzene rings is 1. The smallest absolute Gasteiger partial charge is 0.142 e. The van der Waals surface area contributed by atoms with E-state index in [0.717, 1.165) is 11.4 Å². The van der Waals surface area contributed by atoms with E-state index in [1.807, 2.05) is 50.1 Å². The van der Waals surface area contributed by atoms with E-state index in [0.29, 0.717) is 0 Å². The first-order valence-electron chi connectivity index (χ1n) is 4.81. The second-order valence-electron chi connectivity index (χ2n) is 3.90. The molecule has 80 valence electrons. The summed E-state index contributed by atoms with van der Waals surface area (Å²) in [6.45, 7) is 3.75. The molecule has 1 aromatic carbocycles. The van der Waals surface area contributed by atoms with Gasteiger partial charge >= 0.3 is 0 Å². The topological polar surface area (TPSA) is 36.3 Å². The standard InChI is InChI=1S/C12H16N2O/c1-12(2,9-13)14(3)10-7-5-6-8-11(10)15-4/h5-8H,1-4H3. The van der Waals surface area contributed by atoms with Gasteiger partial charge in [0, 0.05) is 7.05 Å². The van der Waals surface area contributed by atoms with Crippen LogP contribution in [0, 0.1) is 11.3 Å². The molecule has 3 nitrogen and oxygen atoms in total. The van der Waals surface area contributed by atoms with Crippen LogP contribution in [-0.4, -0.2) is 19.7 Å². The maximum Gasteiger partial charge on any atom is 0.142 e. The number of para-hydroxylation sites is 2. The van der Waals surface area contributed by atoms with Crippen molar-refractivity contribution in [2.24, 2.45) is 0 Å². The third-order valence-electron chi connectivity index (χ3n) is 2.56. The van der Waals surface area contributed by atoms with E-state index < -0.39 is 5.54 Å². The molecule has 0 unspecified atom stereocenters. The first-order valence-corrected chi connectivity index (χ1v) is 4.81. The Balaban J connectivity index is 3.12. The zero-order valence-electron chi connectivity index (χ0n) is 9.61. The highest BCUT2D eigenvalue weighted by molar-refractivity contribution is 5.60. The highest BCUT2D eigenvalue weighted by Crippen LogP contribution is 2.30. The number of ether oxygens (including phenoxy) is 1. The second-order valence-corrected chi connectivity index (χ2v) is 3.90. The molecule has 0 saturated heterocycles. The van der Waals surface area contributed by atoms with Crippen LogP contribution >= 0.6 is 0 Å². The maximum absolute atomic E-state index is 9.06. The van der Waals surface area contributed by atoms with Crippen molar-refractivity contribution in [3.63, 3.8) is 0 Å². The van der Waals surface area contributed by atoms with Crippen molar-refractivity contribution >= 4 is 5.69 Å². The van der Waals surface area contributed by atoms with Gasteiger partial charge in [-0.1, -0.05) is 12.1 Å². The molecule has 0 N–H and O–H groups in total. The minimum Gasteiger partial charge on any atom is -0.495 e. The Bertz CT molecular complexity index is 379. The van der Waals surface area contributed by atoms with Crippen LogP contribution in [0.15, 0.2) is 24.3 Å². The summed E-state index contributed by atoms with van der Waals surface area (Å²) in [5.74, 6) is 0.781. The fourth-order valence-corrected chi connectivity index (χ4v) is 1.28. The monoisotopic (exact) mass is 204 g/mol. The molecular formula is C12H16N2O. The van der Waals surface area contributed by atoms with Crippen LogP contribution in [-0.2, 0) is 0 Å². The van der Waals surface area contributed by atoms with Crippen LogP contribution in [0.5, 0.6) is 5.75 Å². The van der Waals surface area contributed by atoms with Gasteiger partial charge in [-0.15, -0.1) is 0 Å². The Kier molecular flexibility index (Phi) is 3.21. The van der Waals surface area contributed by atoms with Crippen LogP contribution < -0.4 is 9.64 Å². The normalized spacial score (nSPS) is 10.6. The van der Waals surface area contributed by atoms with E-state index in [9.17, 15) is 0 Å². The Morgan fingerprint density at radius 2 is 1.93 bits per heavy atom. The fraction of sp³-hybridized carbons (Fsp3) is 0.417. The lowest BCUT2D eigenvalue weighted by Crippen LogP contribution is -2.39. The van der Waals surface area contributed by atoms with Gasteiger partial charge in [-0.3, -0.25) is 0 Å². The molecular weight excluding hydrogens is 188 g/mol. The zero-order chi connectivity index (χ0) is 11.5.